The zero-order valence-electron chi connectivity index (χ0n) is 33.7. The first-order valence-corrected chi connectivity index (χ1v) is 15.5. The van der Waals surface area contributed by atoms with Crippen LogP contribution in [0.5, 0.6) is 11.5 Å². The van der Waals surface area contributed by atoms with Crippen molar-refractivity contribution in [1.29, 1.82) is 0 Å². The summed E-state index contributed by atoms with van der Waals surface area (Å²) in [4.78, 5) is 0. The molecule has 10 aromatic carbocycles. The number of hydrogen-bond acceptors (Lipinski definition) is 1. The van der Waals surface area contributed by atoms with E-state index < -0.39 is 24.2 Å². The topological polar surface area (TPSA) is 9.23 Å². The predicted octanol–water partition coefficient (Wildman–Crippen LogP) is 13.2. The summed E-state index contributed by atoms with van der Waals surface area (Å²) in [7, 11) is 0. The van der Waals surface area contributed by atoms with E-state index in [0.29, 0.717) is 5.56 Å². The van der Waals surface area contributed by atoms with Gasteiger partial charge in [0.2, 0.25) is 0 Å². The van der Waals surface area contributed by atoms with E-state index in [1.807, 2.05) is 48.5 Å². The lowest BCUT2D eigenvalue weighted by Gasteiger charge is -2.24. The summed E-state index contributed by atoms with van der Waals surface area (Å²) < 4.78 is 86.3. The highest BCUT2D eigenvalue weighted by atomic mass is 16.5. The molecule has 1 aliphatic heterocycles. The average Bonchev–Trinajstić information content (AvgIpc) is 3.21. The van der Waals surface area contributed by atoms with Crippen LogP contribution in [0.1, 0.15) is 12.3 Å². The van der Waals surface area contributed by atoms with Crippen molar-refractivity contribution in [3.8, 4) is 44.9 Å². The first-order chi connectivity index (χ1) is 27.0. The van der Waals surface area contributed by atoms with Crippen LogP contribution in [-0.2, 0) is 0 Å². The van der Waals surface area contributed by atoms with Gasteiger partial charge in [-0.15, -0.1) is 0 Å². The highest BCUT2D eigenvalue weighted by Gasteiger charge is 2.23. The van der Waals surface area contributed by atoms with Crippen LogP contribution in [-0.4, -0.2) is 0 Å². The Morgan fingerprint density at radius 1 is 0.383 bits per heavy atom. The molecule has 0 unspecified atom stereocenters. The molecule has 0 aliphatic carbocycles. The van der Waals surface area contributed by atoms with Crippen LogP contribution in [0.3, 0.4) is 0 Å². The van der Waals surface area contributed by atoms with Gasteiger partial charge in [-0.1, -0.05) is 133 Å². The Hall–Kier alpha value is -6.18. The SMILES string of the molecule is [2H]c1c([2H])c2c([2H])c([2H])c3c([2H])c([2H])c(-c4ccc5cc(-c6ccc7c8c(cccc68)-c6ccc8ccccc8c6O7)ccc5c4)c4c([2H])c([2H])c(c1[2H])c2c34. The van der Waals surface area contributed by atoms with Crippen molar-refractivity contribution in [3.63, 3.8) is 0 Å². The lowest BCUT2D eigenvalue weighted by molar-refractivity contribution is 0.493. The summed E-state index contributed by atoms with van der Waals surface area (Å²) in [6.45, 7) is 0. The summed E-state index contributed by atoms with van der Waals surface area (Å²) >= 11 is 0. The largest absolute Gasteiger partial charge is 0.455 e. The second-order valence-corrected chi connectivity index (χ2v) is 12.1. The van der Waals surface area contributed by atoms with Gasteiger partial charge in [0.25, 0.3) is 0 Å². The molecule has 1 heterocycles. The second-order valence-electron chi connectivity index (χ2n) is 12.1. The van der Waals surface area contributed by atoms with Crippen molar-refractivity contribution in [2.45, 2.75) is 0 Å². The first kappa shape index (κ1) is 18.1. The van der Waals surface area contributed by atoms with Crippen molar-refractivity contribution in [1.82, 2.24) is 0 Å². The minimum atomic E-state index is -0.488. The van der Waals surface area contributed by atoms with Gasteiger partial charge in [0.15, 0.2) is 0 Å². The van der Waals surface area contributed by atoms with E-state index in [2.05, 4.69) is 54.6 Å². The van der Waals surface area contributed by atoms with Crippen LogP contribution in [0.25, 0.3) is 98.0 Å². The second kappa shape index (κ2) is 9.19. The number of fused-ring (bicyclic) bond motifs is 5. The van der Waals surface area contributed by atoms with Gasteiger partial charge in [0.05, 0.1) is 12.3 Å². The quantitative estimate of drug-likeness (QED) is 0.179. The Bertz CT molecular complexity index is 3420. The zero-order valence-corrected chi connectivity index (χ0v) is 24.7. The smallest absolute Gasteiger partial charge is 0.143 e. The number of hydrogen-bond donors (Lipinski definition) is 0. The Labute approximate surface area is 283 Å². The van der Waals surface area contributed by atoms with Gasteiger partial charge in [-0.05, 0) is 106 Å². The molecule has 10 aromatic rings. The van der Waals surface area contributed by atoms with Gasteiger partial charge in [0.1, 0.15) is 11.5 Å². The number of rotatable bonds is 2. The summed E-state index contributed by atoms with van der Waals surface area (Å²) in [6, 6.07) is 31.5. The molecular weight excluding hydrogens is 569 g/mol. The maximum Gasteiger partial charge on any atom is 0.143 e. The van der Waals surface area contributed by atoms with Crippen LogP contribution < -0.4 is 4.74 Å². The molecule has 0 saturated heterocycles. The van der Waals surface area contributed by atoms with Crippen molar-refractivity contribution in [3.05, 3.63) is 158 Å². The van der Waals surface area contributed by atoms with E-state index in [-0.39, 0.29) is 68.1 Å². The molecule has 0 radical (unpaired) electrons. The first-order valence-electron chi connectivity index (χ1n) is 20.0. The van der Waals surface area contributed by atoms with Crippen molar-refractivity contribution < 1.29 is 17.1 Å². The van der Waals surface area contributed by atoms with Gasteiger partial charge < -0.3 is 4.74 Å². The summed E-state index contributed by atoms with van der Waals surface area (Å²) in [5, 5.41) is 6.43. The molecule has 0 aromatic heterocycles. The molecule has 0 bridgehead atoms. The standard InChI is InChI=1S/C46H26O/c1-2-8-37-27(5-1)17-22-41-39-10-4-9-38-36(23-24-42(45(38)39)47-46(37)41)34-16-14-31-25-33(15-13-32(31)26-34)35-20-18-30-12-11-28-6-3-7-29-19-21-40(35)44(30)43(28)29/h1-26H/i3D,6D,7D,11D,12D,18D,19D,20D,21D. The van der Waals surface area contributed by atoms with Crippen LogP contribution in [0.15, 0.2) is 158 Å². The van der Waals surface area contributed by atoms with Crippen LogP contribution in [0.4, 0.5) is 0 Å². The van der Waals surface area contributed by atoms with Crippen LogP contribution in [0, 0.1) is 0 Å². The van der Waals surface area contributed by atoms with E-state index in [1.54, 1.807) is 0 Å². The molecule has 1 nitrogen and oxygen atoms in total. The molecule has 0 saturated carbocycles. The van der Waals surface area contributed by atoms with Gasteiger partial charge in [0, 0.05) is 16.3 Å². The molecule has 0 spiro atoms. The van der Waals surface area contributed by atoms with E-state index in [1.165, 1.54) is 0 Å². The van der Waals surface area contributed by atoms with E-state index in [0.717, 1.165) is 66.1 Å². The third-order valence-corrected chi connectivity index (χ3v) is 9.64. The number of ether oxygens (including phenoxy) is 1. The van der Waals surface area contributed by atoms with Crippen LogP contribution in [0.2, 0.25) is 0 Å². The Balaban J connectivity index is 1.10. The fraction of sp³-hybridized carbons (Fsp3) is 0. The highest BCUT2D eigenvalue weighted by Crippen LogP contribution is 2.51. The number of benzene rings is 10. The predicted molar refractivity (Wildman–Crippen MR) is 199 cm³/mol. The highest BCUT2D eigenvalue weighted by molar-refractivity contribution is 6.25. The molecule has 47 heavy (non-hydrogen) atoms. The Kier molecular flexibility index (Phi) is 3.54. The summed E-state index contributed by atoms with van der Waals surface area (Å²) in [5.74, 6) is 1.67. The van der Waals surface area contributed by atoms with Gasteiger partial charge >= 0.3 is 0 Å². The van der Waals surface area contributed by atoms with Gasteiger partial charge in [-0.25, -0.2) is 0 Å². The van der Waals surface area contributed by atoms with Crippen molar-refractivity contribution in [2.24, 2.45) is 0 Å². The molecular formula is C46H26O. The molecule has 1 aliphatic rings. The maximum atomic E-state index is 9.19. The lowest BCUT2D eigenvalue weighted by Crippen LogP contribution is -1.98. The minimum absolute atomic E-state index is 0.0324. The van der Waals surface area contributed by atoms with Gasteiger partial charge in [-0.2, -0.15) is 0 Å². The third kappa shape index (κ3) is 3.49. The monoisotopic (exact) mass is 603 g/mol. The average molecular weight is 604 g/mol. The molecule has 11 rings (SSSR count). The fourth-order valence-corrected chi connectivity index (χ4v) is 7.46. The zero-order chi connectivity index (χ0) is 38.5. The van der Waals surface area contributed by atoms with Gasteiger partial charge in [-0.3, -0.25) is 0 Å². The Morgan fingerprint density at radius 3 is 1.91 bits per heavy atom. The van der Waals surface area contributed by atoms with Crippen molar-refractivity contribution >= 4 is 64.6 Å². The van der Waals surface area contributed by atoms with E-state index >= 15 is 0 Å². The molecule has 1 heteroatoms. The Morgan fingerprint density at radius 2 is 1.06 bits per heavy atom. The van der Waals surface area contributed by atoms with Crippen LogP contribution >= 0.6 is 0 Å². The molecule has 0 amide bonds. The van der Waals surface area contributed by atoms with E-state index in [4.69, 9.17) is 14.3 Å². The minimum Gasteiger partial charge on any atom is -0.455 e. The molecule has 0 N–H and O–H groups in total. The molecule has 0 fully saturated rings. The lowest BCUT2D eigenvalue weighted by atomic mass is 9.88. The van der Waals surface area contributed by atoms with E-state index in [9.17, 15) is 2.74 Å². The van der Waals surface area contributed by atoms with Crippen molar-refractivity contribution in [2.75, 3.05) is 0 Å². The third-order valence-electron chi connectivity index (χ3n) is 9.64. The molecule has 0 atom stereocenters. The fourth-order valence-electron chi connectivity index (χ4n) is 7.46. The normalized spacial score (nSPS) is 15.1. The maximum absolute atomic E-state index is 9.19. The summed E-state index contributed by atoms with van der Waals surface area (Å²) in [6.07, 6.45) is 0. The molecule has 216 valence electrons. The summed E-state index contributed by atoms with van der Waals surface area (Å²) in [5.41, 5.74) is 4.98.